The number of hydrogen-bond donors (Lipinski definition) is 1. The van der Waals surface area contributed by atoms with Crippen molar-refractivity contribution in [3.8, 4) is 5.75 Å². The van der Waals surface area contributed by atoms with Crippen LogP contribution in [0.1, 0.15) is 30.9 Å². The lowest BCUT2D eigenvalue weighted by Gasteiger charge is -2.44. The minimum atomic E-state index is -0.237. The Morgan fingerprint density at radius 1 is 1.33 bits per heavy atom. The summed E-state index contributed by atoms with van der Waals surface area (Å²) < 4.78 is 13.6. The number of nitrogens with zero attached hydrogens (tertiary/aromatic N) is 2. The van der Waals surface area contributed by atoms with Gasteiger partial charge in [0.2, 0.25) is 5.91 Å². The molecule has 1 fully saturated rings. The Hall–Kier alpha value is -2.34. The summed E-state index contributed by atoms with van der Waals surface area (Å²) in [5, 5.41) is 3.18. The van der Waals surface area contributed by atoms with Gasteiger partial charge < -0.3 is 19.4 Å². The Bertz CT molecular complexity index is 708. The first-order valence-corrected chi connectivity index (χ1v) is 8.35. The maximum atomic E-state index is 12.4. The minimum Gasteiger partial charge on any atom is -0.487 e. The van der Waals surface area contributed by atoms with Gasteiger partial charge in [-0.1, -0.05) is 18.2 Å². The summed E-state index contributed by atoms with van der Waals surface area (Å²) in [7, 11) is 0. The molecular weight excluding hydrogens is 306 g/mol. The molecule has 6 nitrogen and oxygen atoms in total. The van der Waals surface area contributed by atoms with Crippen molar-refractivity contribution >= 4 is 5.91 Å². The lowest BCUT2D eigenvalue weighted by Crippen LogP contribution is -2.48. The third-order valence-corrected chi connectivity index (χ3v) is 4.82. The molecule has 1 N–H and O–H groups in total. The van der Waals surface area contributed by atoms with E-state index in [4.69, 9.17) is 9.47 Å². The van der Waals surface area contributed by atoms with E-state index in [0.29, 0.717) is 13.2 Å². The van der Waals surface area contributed by atoms with Crippen LogP contribution in [0.2, 0.25) is 0 Å². The molecule has 0 radical (unpaired) electrons. The number of ether oxygens (including phenoxy) is 2. The van der Waals surface area contributed by atoms with Crippen LogP contribution in [0.4, 0.5) is 0 Å². The van der Waals surface area contributed by atoms with Crippen molar-refractivity contribution in [2.75, 3.05) is 13.2 Å². The average Bonchev–Trinajstić information content (AvgIpc) is 3.08. The zero-order chi connectivity index (χ0) is 16.4. The van der Waals surface area contributed by atoms with E-state index in [0.717, 1.165) is 30.6 Å². The van der Waals surface area contributed by atoms with Gasteiger partial charge in [0.15, 0.2) is 0 Å². The Labute approximate surface area is 140 Å². The summed E-state index contributed by atoms with van der Waals surface area (Å²) in [6, 6.07) is 7.94. The molecule has 4 rings (SSSR count). The average molecular weight is 327 g/mol. The van der Waals surface area contributed by atoms with E-state index in [1.54, 1.807) is 23.3 Å². The fourth-order valence-corrected chi connectivity index (χ4v) is 3.58. The molecule has 1 atom stereocenters. The number of imidazole rings is 1. The van der Waals surface area contributed by atoms with E-state index < -0.39 is 0 Å². The summed E-state index contributed by atoms with van der Waals surface area (Å²) >= 11 is 0. The summed E-state index contributed by atoms with van der Waals surface area (Å²) in [5.74, 6) is 0.857. The summed E-state index contributed by atoms with van der Waals surface area (Å²) in [6.45, 7) is 1.69. The van der Waals surface area contributed by atoms with Crippen LogP contribution < -0.4 is 10.1 Å². The number of fused-ring (bicyclic) bond motifs is 1. The van der Waals surface area contributed by atoms with Gasteiger partial charge in [-0.2, -0.15) is 0 Å². The number of para-hydroxylation sites is 1. The second kappa shape index (κ2) is 6.28. The van der Waals surface area contributed by atoms with Gasteiger partial charge in [0.25, 0.3) is 0 Å². The van der Waals surface area contributed by atoms with Crippen molar-refractivity contribution in [3.05, 3.63) is 48.5 Å². The van der Waals surface area contributed by atoms with E-state index in [1.807, 2.05) is 24.3 Å². The largest absolute Gasteiger partial charge is 0.487 e. The molecule has 2 aliphatic heterocycles. The zero-order valence-electron chi connectivity index (χ0n) is 13.5. The molecule has 2 aliphatic rings. The molecule has 1 amide bonds. The molecule has 0 unspecified atom stereocenters. The maximum absolute atomic E-state index is 12.4. The molecule has 0 aliphatic carbocycles. The molecular formula is C18H21N3O3. The molecule has 2 aromatic rings. The number of rotatable bonds is 3. The van der Waals surface area contributed by atoms with E-state index in [2.05, 4.69) is 10.3 Å². The Balaban J connectivity index is 1.55. The van der Waals surface area contributed by atoms with Gasteiger partial charge >= 0.3 is 0 Å². The standard InChI is InChI=1S/C18H21N3O3/c22-17(12-21-8-7-19-13-21)20-15-11-18(5-9-23-10-6-18)24-16-4-2-1-3-14(15)16/h1-4,7-8,13,15H,5-6,9-12H2,(H,20,22)/t15-/m1/s1. The predicted molar refractivity (Wildman–Crippen MR) is 87.6 cm³/mol. The molecule has 1 aromatic carbocycles. The monoisotopic (exact) mass is 327 g/mol. The normalized spacial score (nSPS) is 21.8. The fourth-order valence-electron chi connectivity index (χ4n) is 3.58. The molecule has 6 heteroatoms. The number of nitrogens with one attached hydrogen (secondary N) is 1. The van der Waals surface area contributed by atoms with E-state index >= 15 is 0 Å². The third kappa shape index (κ3) is 3.01. The fraction of sp³-hybridized carbons (Fsp3) is 0.444. The Morgan fingerprint density at radius 2 is 2.17 bits per heavy atom. The zero-order valence-corrected chi connectivity index (χ0v) is 13.5. The van der Waals surface area contributed by atoms with E-state index in [1.165, 1.54) is 0 Å². The quantitative estimate of drug-likeness (QED) is 0.937. The highest BCUT2D eigenvalue weighted by molar-refractivity contribution is 5.76. The van der Waals surface area contributed by atoms with Crippen LogP contribution in [0.25, 0.3) is 0 Å². The number of amides is 1. The molecule has 0 saturated carbocycles. The molecule has 0 bridgehead atoms. The molecule has 1 saturated heterocycles. The van der Waals surface area contributed by atoms with Crippen LogP contribution in [0.5, 0.6) is 5.75 Å². The molecule has 1 spiro atoms. The molecule has 126 valence electrons. The van der Waals surface area contributed by atoms with Gasteiger partial charge in [-0.15, -0.1) is 0 Å². The first-order valence-electron chi connectivity index (χ1n) is 8.35. The molecule has 1 aromatic heterocycles. The summed E-state index contributed by atoms with van der Waals surface area (Å²) in [4.78, 5) is 16.4. The number of aromatic nitrogens is 2. The van der Waals surface area contributed by atoms with Crippen molar-refractivity contribution in [2.45, 2.75) is 37.5 Å². The lowest BCUT2D eigenvalue weighted by molar-refractivity contribution is -0.123. The number of benzene rings is 1. The van der Waals surface area contributed by atoms with Crippen molar-refractivity contribution in [1.29, 1.82) is 0 Å². The second-order valence-corrected chi connectivity index (χ2v) is 6.49. The van der Waals surface area contributed by atoms with Crippen molar-refractivity contribution in [3.63, 3.8) is 0 Å². The first kappa shape index (κ1) is 15.2. The van der Waals surface area contributed by atoms with Crippen LogP contribution in [-0.4, -0.2) is 34.3 Å². The minimum absolute atomic E-state index is 0.0167. The van der Waals surface area contributed by atoms with Crippen molar-refractivity contribution < 1.29 is 14.3 Å². The smallest absolute Gasteiger partial charge is 0.240 e. The maximum Gasteiger partial charge on any atom is 0.240 e. The third-order valence-electron chi connectivity index (χ3n) is 4.82. The van der Waals surface area contributed by atoms with Crippen LogP contribution >= 0.6 is 0 Å². The van der Waals surface area contributed by atoms with Crippen LogP contribution in [-0.2, 0) is 16.1 Å². The number of carbonyl (C=O) groups is 1. The van der Waals surface area contributed by atoms with E-state index in [-0.39, 0.29) is 24.1 Å². The number of hydrogen-bond acceptors (Lipinski definition) is 4. The van der Waals surface area contributed by atoms with Crippen LogP contribution in [0.3, 0.4) is 0 Å². The van der Waals surface area contributed by atoms with E-state index in [9.17, 15) is 4.79 Å². The molecule has 3 heterocycles. The van der Waals surface area contributed by atoms with Gasteiger partial charge in [0.1, 0.15) is 17.9 Å². The SMILES string of the molecule is O=C(Cn1ccnc1)N[C@@H]1CC2(CCOCC2)Oc2ccccc21. The number of carbonyl (C=O) groups excluding carboxylic acids is 1. The van der Waals surface area contributed by atoms with Crippen molar-refractivity contribution in [1.82, 2.24) is 14.9 Å². The Kier molecular flexibility index (Phi) is 3.98. The highest BCUT2D eigenvalue weighted by atomic mass is 16.5. The lowest BCUT2D eigenvalue weighted by atomic mass is 9.82. The summed E-state index contributed by atoms with van der Waals surface area (Å²) in [5.41, 5.74) is 0.813. The van der Waals surface area contributed by atoms with Crippen molar-refractivity contribution in [2.24, 2.45) is 0 Å². The van der Waals surface area contributed by atoms with Gasteiger partial charge in [0.05, 0.1) is 25.6 Å². The van der Waals surface area contributed by atoms with Gasteiger partial charge in [-0.05, 0) is 6.07 Å². The topological polar surface area (TPSA) is 65.4 Å². The van der Waals surface area contributed by atoms with Gasteiger partial charge in [-0.3, -0.25) is 4.79 Å². The predicted octanol–water partition coefficient (Wildman–Crippen LogP) is 2.07. The molecule has 24 heavy (non-hydrogen) atoms. The Morgan fingerprint density at radius 3 is 2.96 bits per heavy atom. The van der Waals surface area contributed by atoms with Gasteiger partial charge in [0, 0.05) is 37.2 Å². The van der Waals surface area contributed by atoms with Gasteiger partial charge in [-0.25, -0.2) is 4.98 Å². The first-order chi connectivity index (χ1) is 11.7. The van der Waals surface area contributed by atoms with Crippen LogP contribution in [0.15, 0.2) is 43.0 Å². The van der Waals surface area contributed by atoms with Crippen LogP contribution in [0, 0.1) is 0 Å². The summed E-state index contributed by atoms with van der Waals surface area (Å²) in [6.07, 6.45) is 7.61. The highest BCUT2D eigenvalue weighted by Crippen LogP contribution is 2.43. The second-order valence-electron chi connectivity index (χ2n) is 6.49. The highest BCUT2D eigenvalue weighted by Gasteiger charge is 2.42.